The average molecular weight is 901 g/mol. The topological polar surface area (TPSA) is 36.9 Å². The quantitative estimate of drug-likeness (QED) is 0.0804. The zero-order valence-corrected chi connectivity index (χ0v) is 39.6. The standard InChI is InChI=1S/C55H52O4P4/c1-56-46-33-17-21-37-50(46)62(51-38-22-18-34-47(51)57-2)54(60(42-25-9-5-10-26-42)43-27-11-6-12-28-43)41-55(61(44-29-13-7-14-30-44)45-31-15-8-16-32-45)63(52-39-23-19-35-48(52)58-3)53-40-24-20-36-49(53)59-4/h5-40,54-55H,41H2,1-4H3. The van der Waals surface area contributed by atoms with Gasteiger partial charge in [-0.3, -0.25) is 0 Å². The van der Waals surface area contributed by atoms with E-state index in [4.69, 9.17) is 18.9 Å². The van der Waals surface area contributed by atoms with Gasteiger partial charge in [-0.25, -0.2) is 0 Å². The summed E-state index contributed by atoms with van der Waals surface area (Å²) in [6, 6.07) is 79.6. The van der Waals surface area contributed by atoms with Gasteiger partial charge in [0.25, 0.3) is 0 Å². The summed E-state index contributed by atoms with van der Waals surface area (Å²) in [5, 5.41) is 10.3. The molecule has 0 aliphatic carbocycles. The van der Waals surface area contributed by atoms with Crippen LogP contribution in [0.3, 0.4) is 0 Å². The van der Waals surface area contributed by atoms with E-state index in [2.05, 4.69) is 218 Å². The fourth-order valence-electron chi connectivity index (χ4n) is 8.40. The summed E-state index contributed by atoms with van der Waals surface area (Å²) in [4.78, 5) is 0. The molecule has 8 aromatic rings. The number of rotatable bonds is 18. The van der Waals surface area contributed by atoms with Gasteiger partial charge in [-0.15, -0.1) is 0 Å². The zero-order valence-electron chi connectivity index (χ0n) is 36.1. The Morgan fingerprint density at radius 1 is 0.270 bits per heavy atom. The molecule has 0 aromatic heterocycles. The van der Waals surface area contributed by atoms with Crippen molar-refractivity contribution in [1.29, 1.82) is 0 Å². The third-order valence-electron chi connectivity index (χ3n) is 11.1. The third kappa shape index (κ3) is 9.92. The molecule has 8 rings (SSSR count). The van der Waals surface area contributed by atoms with Crippen LogP contribution in [0.25, 0.3) is 0 Å². The second-order valence-corrected chi connectivity index (χ2v) is 25.0. The predicted molar refractivity (Wildman–Crippen MR) is 275 cm³/mol. The van der Waals surface area contributed by atoms with Crippen molar-refractivity contribution < 1.29 is 18.9 Å². The molecule has 0 radical (unpaired) electrons. The Balaban J connectivity index is 1.52. The molecule has 0 aliphatic heterocycles. The van der Waals surface area contributed by atoms with Crippen LogP contribution in [0, 0.1) is 0 Å². The maximum absolute atomic E-state index is 6.36. The first kappa shape index (κ1) is 44.3. The fourth-order valence-corrected chi connectivity index (χ4v) is 24.0. The molecule has 0 N–H and O–H groups in total. The van der Waals surface area contributed by atoms with Gasteiger partial charge < -0.3 is 18.9 Å². The van der Waals surface area contributed by atoms with Crippen LogP contribution < -0.4 is 61.4 Å². The number of para-hydroxylation sites is 4. The molecule has 0 heterocycles. The van der Waals surface area contributed by atoms with Crippen LogP contribution >= 0.6 is 31.7 Å². The molecule has 0 saturated carbocycles. The summed E-state index contributed by atoms with van der Waals surface area (Å²) in [5.41, 5.74) is 0. The Bertz CT molecular complexity index is 2290. The second kappa shape index (κ2) is 21.8. The highest BCUT2D eigenvalue weighted by Crippen LogP contribution is 2.67. The summed E-state index contributed by atoms with van der Waals surface area (Å²) in [6.45, 7) is 0. The average Bonchev–Trinajstić information content (AvgIpc) is 3.36. The first-order valence-corrected chi connectivity index (χ1v) is 26.7. The van der Waals surface area contributed by atoms with Crippen molar-refractivity contribution in [1.82, 2.24) is 0 Å². The summed E-state index contributed by atoms with van der Waals surface area (Å²) >= 11 is 0. The highest BCUT2D eigenvalue weighted by Gasteiger charge is 2.44. The van der Waals surface area contributed by atoms with Crippen LogP contribution in [-0.4, -0.2) is 39.2 Å². The summed E-state index contributed by atoms with van der Waals surface area (Å²) in [7, 11) is 2.73. The van der Waals surface area contributed by atoms with Crippen LogP contribution in [-0.2, 0) is 0 Å². The predicted octanol–water partition coefficient (Wildman–Crippen LogP) is 10.6. The number of ether oxygens (including phenoxy) is 4. The van der Waals surface area contributed by atoms with E-state index in [1.165, 1.54) is 42.4 Å². The van der Waals surface area contributed by atoms with Crippen molar-refractivity contribution in [2.45, 2.75) is 17.2 Å². The minimum absolute atomic E-state index is 0.0734. The van der Waals surface area contributed by atoms with E-state index in [1.54, 1.807) is 28.4 Å². The molecule has 4 nitrogen and oxygen atoms in total. The van der Waals surface area contributed by atoms with Gasteiger partial charge in [0, 0.05) is 32.0 Å². The van der Waals surface area contributed by atoms with Crippen molar-refractivity contribution in [3.63, 3.8) is 0 Å². The molecule has 0 amide bonds. The number of benzene rings is 8. The molecule has 8 heteroatoms. The minimum Gasteiger partial charge on any atom is -0.496 e. The molecule has 0 spiro atoms. The zero-order chi connectivity index (χ0) is 43.4. The van der Waals surface area contributed by atoms with E-state index in [9.17, 15) is 0 Å². The van der Waals surface area contributed by atoms with Crippen LogP contribution in [0.2, 0.25) is 0 Å². The Hall–Kier alpha value is -5.32. The molecule has 316 valence electrons. The van der Waals surface area contributed by atoms with Crippen LogP contribution in [0.5, 0.6) is 23.0 Å². The van der Waals surface area contributed by atoms with Gasteiger partial charge in [0.05, 0.1) is 28.4 Å². The van der Waals surface area contributed by atoms with Gasteiger partial charge in [0.1, 0.15) is 23.0 Å². The molecule has 2 unspecified atom stereocenters. The molecule has 0 aliphatic rings. The number of hydrogen-bond donors (Lipinski definition) is 0. The van der Waals surface area contributed by atoms with Crippen LogP contribution in [0.15, 0.2) is 218 Å². The molecular weight excluding hydrogens is 848 g/mol. The molecular formula is C55H52O4P4. The summed E-state index contributed by atoms with van der Waals surface area (Å²) in [5.74, 6) is 3.55. The van der Waals surface area contributed by atoms with E-state index >= 15 is 0 Å². The molecule has 2 atom stereocenters. The van der Waals surface area contributed by atoms with Gasteiger partial charge in [-0.05, 0) is 83.6 Å². The third-order valence-corrected chi connectivity index (χ3v) is 24.1. The normalized spacial score (nSPS) is 12.3. The Kier molecular flexibility index (Phi) is 15.4. The SMILES string of the molecule is COc1ccccc1P(c1ccccc1OC)C(CC(P(c1ccccc1)c1ccccc1)P(c1ccccc1OC)c1ccccc1OC)P(c1ccccc1)c1ccccc1. The maximum Gasteiger partial charge on any atom is 0.126 e. The monoisotopic (exact) mass is 900 g/mol. The Labute approximate surface area is 378 Å². The van der Waals surface area contributed by atoms with Gasteiger partial charge in [0.15, 0.2) is 0 Å². The fraction of sp³-hybridized carbons (Fsp3) is 0.127. The van der Waals surface area contributed by atoms with Gasteiger partial charge in [-0.2, -0.15) is 0 Å². The van der Waals surface area contributed by atoms with Crippen molar-refractivity contribution >= 4 is 74.1 Å². The smallest absolute Gasteiger partial charge is 0.126 e. The highest BCUT2D eigenvalue weighted by atomic mass is 31.2. The first-order chi connectivity index (χ1) is 31.1. The van der Waals surface area contributed by atoms with Crippen LogP contribution in [0.1, 0.15) is 6.42 Å². The van der Waals surface area contributed by atoms with E-state index in [0.29, 0.717) is 0 Å². The first-order valence-electron chi connectivity index (χ1n) is 21.0. The summed E-state index contributed by atoms with van der Waals surface area (Å²) < 4.78 is 25.4. The molecule has 63 heavy (non-hydrogen) atoms. The van der Waals surface area contributed by atoms with E-state index in [-0.39, 0.29) is 10.8 Å². The lowest BCUT2D eigenvalue weighted by Crippen LogP contribution is -2.35. The maximum atomic E-state index is 6.36. The van der Waals surface area contributed by atoms with Crippen molar-refractivity contribution in [3.8, 4) is 23.0 Å². The molecule has 0 bridgehead atoms. The summed E-state index contributed by atoms with van der Waals surface area (Å²) in [6.07, 6.45) is 0.856. The largest absolute Gasteiger partial charge is 0.496 e. The van der Waals surface area contributed by atoms with Crippen molar-refractivity contribution in [2.75, 3.05) is 28.4 Å². The Morgan fingerprint density at radius 3 is 0.698 bits per heavy atom. The van der Waals surface area contributed by atoms with Crippen molar-refractivity contribution in [3.05, 3.63) is 218 Å². The van der Waals surface area contributed by atoms with Crippen molar-refractivity contribution in [2.24, 2.45) is 0 Å². The molecule has 8 aromatic carbocycles. The lowest BCUT2D eigenvalue weighted by Gasteiger charge is -2.43. The van der Waals surface area contributed by atoms with E-state index in [0.717, 1.165) is 29.4 Å². The Morgan fingerprint density at radius 2 is 0.476 bits per heavy atom. The lowest BCUT2D eigenvalue weighted by molar-refractivity contribution is 0.417. The number of hydrogen-bond acceptors (Lipinski definition) is 4. The number of methoxy groups -OCH3 is 4. The van der Waals surface area contributed by atoms with Gasteiger partial charge in [-0.1, -0.05) is 194 Å². The second-order valence-electron chi connectivity index (χ2n) is 14.7. The lowest BCUT2D eigenvalue weighted by atomic mass is 10.3. The van der Waals surface area contributed by atoms with Gasteiger partial charge in [0.2, 0.25) is 0 Å². The van der Waals surface area contributed by atoms with E-state index in [1.807, 2.05) is 0 Å². The minimum atomic E-state index is -1.20. The highest BCUT2D eigenvalue weighted by molar-refractivity contribution is 7.91. The van der Waals surface area contributed by atoms with Gasteiger partial charge >= 0.3 is 0 Å². The molecule has 0 saturated heterocycles. The molecule has 0 fully saturated rings. The van der Waals surface area contributed by atoms with Crippen LogP contribution in [0.4, 0.5) is 0 Å². The van der Waals surface area contributed by atoms with E-state index < -0.39 is 31.7 Å².